The van der Waals surface area contributed by atoms with Crippen molar-refractivity contribution in [3.05, 3.63) is 60.0 Å². The summed E-state index contributed by atoms with van der Waals surface area (Å²) in [4.78, 5) is 27.7. The van der Waals surface area contributed by atoms with Crippen LogP contribution >= 0.6 is 0 Å². The number of nitrogens with zero attached hydrogens (tertiary/aromatic N) is 4. The second-order valence-electron chi connectivity index (χ2n) is 7.28. The van der Waals surface area contributed by atoms with Gasteiger partial charge < -0.3 is 15.7 Å². The summed E-state index contributed by atoms with van der Waals surface area (Å²) in [6.45, 7) is 3.09. The highest BCUT2D eigenvalue weighted by Gasteiger charge is 2.22. The maximum absolute atomic E-state index is 12.7. The molecule has 7 nitrogen and oxygen atoms in total. The van der Waals surface area contributed by atoms with E-state index in [2.05, 4.69) is 15.0 Å². The molecule has 0 aliphatic carbocycles. The number of aryl methyl sites for hydroxylation is 1. The van der Waals surface area contributed by atoms with Crippen LogP contribution in [0.15, 0.2) is 48.8 Å². The molecule has 3 N–H and O–H groups in total. The molecule has 148 valence electrons. The topological polar surface area (TPSA) is 105 Å². The van der Waals surface area contributed by atoms with Crippen molar-refractivity contribution in [2.24, 2.45) is 0 Å². The normalized spacial score (nSPS) is 14.8. The zero-order chi connectivity index (χ0) is 20.4. The fraction of sp³-hybridized carbons (Fsp3) is 0.273. The van der Waals surface area contributed by atoms with Crippen molar-refractivity contribution in [3.63, 3.8) is 0 Å². The van der Waals surface area contributed by atoms with Crippen LogP contribution in [0, 0.1) is 6.92 Å². The maximum atomic E-state index is 12.7. The first-order chi connectivity index (χ1) is 14.0. The fourth-order valence-corrected chi connectivity index (χ4v) is 3.39. The molecule has 1 fully saturated rings. The van der Waals surface area contributed by atoms with E-state index in [-0.39, 0.29) is 12.0 Å². The van der Waals surface area contributed by atoms with Gasteiger partial charge in [0.2, 0.25) is 0 Å². The van der Waals surface area contributed by atoms with Crippen LogP contribution in [0.25, 0.3) is 22.5 Å². The molecule has 0 spiro atoms. The number of hydrogen-bond acceptors (Lipinski definition) is 6. The molecule has 0 bridgehead atoms. The first-order valence-electron chi connectivity index (χ1n) is 9.64. The summed E-state index contributed by atoms with van der Waals surface area (Å²) in [5, 5.41) is 9.62. The molecular formula is C22H23N5O2. The number of carbonyl (C=O) groups is 1. The molecule has 0 atom stereocenters. The van der Waals surface area contributed by atoms with Gasteiger partial charge in [0, 0.05) is 41.7 Å². The number of benzene rings is 1. The number of nitrogen functional groups attached to an aromatic ring is 1. The zero-order valence-corrected chi connectivity index (χ0v) is 16.2. The lowest BCUT2D eigenvalue weighted by Gasteiger charge is -2.29. The minimum Gasteiger partial charge on any atom is -0.393 e. The Bertz CT molecular complexity index is 1010. The van der Waals surface area contributed by atoms with E-state index in [0.29, 0.717) is 48.7 Å². The molecule has 0 unspecified atom stereocenters. The number of pyridine rings is 1. The monoisotopic (exact) mass is 389 g/mol. The van der Waals surface area contributed by atoms with E-state index >= 15 is 0 Å². The minimum atomic E-state index is -0.302. The van der Waals surface area contributed by atoms with Gasteiger partial charge in [0.05, 0.1) is 18.0 Å². The second kappa shape index (κ2) is 7.97. The zero-order valence-electron chi connectivity index (χ0n) is 16.2. The largest absolute Gasteiger partial charge is 0.393 e. The lowest BCUT2D eigenvalue weighted by Crippen LogP contribution is -2.40. The molecule has 3 aromatic rings. The van der Waals surface area contributed by atoms with Crippen molar-refractivity contribution >= 4 is 11.7 Å². The molecule has 1 aliphatic heterocycles. The van der Waals surface area contributed by atoms with Crippen LogP contribution in [0.1, 0.15) is 28.9 Å². The summed E-state index contributed by atoms with van der Waals surface area (Å²) >= 11 is 0. The van der Waals surface area contributed by atoms with E-state index in [1.807, 2.05) is 31.2 Å². The molecular weight excluding hydrogens is 366 g/mol. The number of likely N-dealkylation sites (tertiary alicyclic amines) is 1. The average molecular weight is 389 g/mol. The van der Waals surface area contributed by atoms with Crippen LogP contribution in [-0.2, 0) is 0 Å². The highest BCUT2D eigenvalue weighted by Crippen LogP contribution is 2.26. The Labute approximate surface area is 169 Å². The van der Waals surface area contributed by atoms with Crippen molar-refractivity contribution in [2.75, 3.05) is 18.8 Å². The molecule has 4 rings (SSSR count). The van der Waals surface area contributed by atoms with Crippen molar-refractivity contribution in [1.29, 1.82) is 0 Å². The van der Waals surface area contributed by atoms with Gasteiger partial charge in [-0.25, -0.2) is 9.97 Å². The molecule has 0 radical (unpaired) electrons. The third-order valence-corrected chi connectivity index (χ3v) is 5.16. The van der Waals surface area contributed by atoms with E-state index in [1.54, 1.807) is 29.4 Å². The van der Waals surface area contributed by atoms with Crippen molar-refractivity contribution in [2.45, 2.75) is 25.9 Å². The summed E-state index contributed by atoms with van der Waals surface area (Å²) in [5.41, 5.74) is 10.5. The number of amides is 1. The Morgan fingerprint density at radius 3 is 2.38 bits per heavy atom. The average Bonchev–Trinajstić information content (AvgIpc) is 2.75. The summed E-state index contributed by atoms with van der Waals surface area (Å²) in [7, 11) is 0. The van der Waals surface area contributed by atoms with Gasteiger partial charge in [0.25, 0.3) is 5.91 Å². The number of rotatable bonds is 3. The lowest BCUT2D eigenvalue weighted by molar-refractivity contribution is 0.0546. The van der Waals surface area contributed by atoms with E-state index in [4.69, 9.17) is 5.73 Å². The highest BCUT2D eigenvalue weighted by atomic mass is 16.3. The van der Waals surface area contributed by atoms with E-state index in [9.17, 15) is 9.90 Å². The third kappa shape index (κ3) is 4.09. The van der Waals surface area contributed by atoms with Crippen LogP contribution < -0.4 is 5.73 Å². The highest BCUT2D eigenvalue weighted by molar-refractivity contribution is 5.94. The van der Waals surface area contributed by atoms with Crippen LogP contribution in [0.2, 0.25) is 0 Å². The first kappa shape index (κ1) is 19.0. The molecule has 1 aliphatic rings. The molecule has 1 saturated heterocycles. The minimum absolute atomic E-state index is 0.0155. The number of hydrogen-bond donors (Lipinski definition) is 2. The third-order valence-electron chi connectivity index (χ3n) is 5.16. The van der Waals surface area contributed by atoms with Crippen molar-refractivity contribution in [1.82, 2.24) is 19.9 Å². The maximum Gasteiger partial charge on any atom is 0.253 e. The van der Waals surface area contributed by atoms with Crippen LogP contribution in [-0.4, -0.2) is 50.1 Å². The van der Waals surface area contributed by atoms with Crippen molar-refractivity contribution < 1.29 is 9.90 Å². The smallest absolute Gasteiger partial charge is 0.253 e. The number of carbonyl (C=O) groups excluding carboxylic acids is 1. The Hall–Kier alpha value is -3.32. The van der Waals surface area contributed by atoms with Crippen molar-refractivity contribution in [3.8, 4) is 22.5 Å². The van der Waals surface area contributed by atoms with E-state index in [0.717, 1.165) is 16.8 Å². The number of anilines is 1. The first-order valence-corrected chi connectivity index (χ1v) is 9.64. The summed E-state index contributed by atoms with van der Waals surface area (Å²) in [5.74, 6) is 0.330. The number of nitrogens with two attached hydrogens (primary N) is 1. The molecule has 7 heteroatoms. The van der Waals surface area contributed by atoms with Gasteiger partial charge in [0.15, 0.2) is 0 Å². The standard InChI is InChI=1S/C22H23N5O2/c1-14-2-3-17(12-24-14)20-21(23)25-13-19(26-20)15-4-6-16(7-5-15)22(29)27-10-8-18(28)9-11-27/h2-7,12-13,18,28H,8-11H2,1H3,(H2,23,25). The molecule has 3 heterocycles. The molecule has 2 aromatic heterocycles. The molecule has 1 amide bonds. The summed E-state index contributed by atoms with van der Waals surface area (Å²) in [6.07, 6.45) is 4.31. The van der Waals surface area contributed by atoms with Crippen LogP contribution in [0.3, 0.4) is 0 Å². The van der Waals surface area contributed by atoms with E-state index in [1.165, 1.54) is 0 Å². The van der Waals surface area contributed by atoms with Crippen LogP contribution in [0.5, 0.6) is 0 Å². The number of aromatic nitrogens is 3. The number of piperidine rings is 1. The SMILES string of the molecule is Cc1ccc(-c2nc(-c3ccc(C(=O)N4CCC(O)CC4)cc3)cnc2N)cn1. The number of aliphatic hydroxyl groups excluding tert-OH is 1. The predicted molar refractivity (Wildman–Crippen MR) is 111 cm³/mol. The Morgan fingerprint density at radius 2 is 1.72 bits per heavy atom. The second-order valence-corrected chi connectivity index (χ2v) is 7.28. The van der Waals surface area contributed by atoms with Gasteiger partial charge in [0.1, 0.15) is 11.5 Å². The quantitative estimate of drug-likeness (QED) is 0.713. The van der Waals surface area contributed by atoms with Gasteiger partial charge in [-0.15, -0.1) is 0 Å². The van der Waals surface area contributed by atoms with Gasteiger partial charge in [-0.2, -0.15) is 0 Å². The molecule has 1 aromatic carbocycles. The van der Waals surface area contributed by atoms with Gasteiger partial charge in [-0.1, -0.05) is 12.1 Å². The Balaban J connectivity index is 1.57. The number of aliphatic hydroxyl groups is 1. The van der Waals surface area contributed by atoms with Gasteiger partial charge in [-0.3, -0.25) is 9.78 Å². The van der Waals surface area contributed by atoms with Gasteiger partial charge >= 0.3 is 0 Å². The Kier molecular flexibility index (Phi) is 5.22. The summed E-state index contributed by atoms with van der Waals surface area (Å²) < 4.78 is 0. The Morgan fingerprint density at radius 1 is 1.03 bits per heavy atom. The van der Waals surface area contributed by atoms with Crippen LogP contribution in [0.4, 0.5) is 5.82 Å². The fourth-order valence-electron chi connectivity index (χ4n) is 3.39. The van der Waals surface area contributed by atoms with Gasteiger partial charge in [-0.05, 0) is 44.0 Å². The molecule has 0 saturated carbocycles. The predicted octanol–water partition coefficient (Wildman–Crippen LogP) is 2.69. The van der Waals surface area contributed by atoms with E-state index < -0.39 is 0 Å². The lowest BCUT2D eigenvalue weighted by atomic mass is 10.0. The summed E-state index contributed by atoms with van der Waals surface area (Å²) in [6, 6.07) is 11.2. The molecule has 29 heavy (non-hydrogen) atoms.